The average molecular weight is 321 g/mol. The van der Waals surface area contributed by atoms with Crippen molar-refractivity contribution in [1.82, 2.24) is 15.5 Å². The van der Waals surface area contributed by atoms with E-state index in [1.165, 1.54) is 0 Å². The topological polar surface area (TPSA) is 71.2 Å². The largest absolute Gasteiger partial charge is 0.387 e. The van der Waals surface area contributed by atoms with Gasteiger partial charge >= 0.3 is 0 Å². The lowest BCUT2D eigenvalue weighted by Crippen LogP contribution is -2.35. The van der Waals surface area contributed by atoms with Crippen molar-refractivity contribution in [2.45, 2.75) is 57.1 Å². The number of hydrogen-bond donors (Lipinski definition) is 2. The Hall–Kier alpha value is -1.24. The van der Waals surface area contributed by atoms with Crippen LogP contribution in [0.1, 0.15) is 61.9 Å². The van der Waals surface area contributed by atoms with E-state index < -0.39 is 6.10 Å². The summed E-state index contributed by atoms with van der Waals surface area (Å²) in [6.45, 7) is 2.65. The monoisotopic (exact) mass is 321 g/mol. The summed E-state index contributed by atoms with van der Waals surface area (Å²) >= 11 is 1.62. The molecule has 6 heteroatoms. The molecule has 5 nitrogen and oxygen atoms in total. The van der Waals surface area contributed by atoms with Crippen LogP contribution in [0.2, 0.25) is 0 Å². The van der Waals surface area contributed by atoms with Gasteiger partial charge in [-0.05, 0) is 48.1 Å². The van der Waals surface area contributed by atoms with Crippen molar-refractivity contribution in [2.75, 3.05) is 6.54 Å². The molecule has 1 aliphatic carbocycles. The third-order valence-electron chi connectivity index (χ3n) is 4.40. The first kappa shape index (κ1) is 15.6. The third kappa shape index (κ3) is 3.74. The highest BCUT2D eigenvalue weighted by Crippen LogP contribution is 2.32. The SMILES string of the molecule is CCc1noc(C2CCC(NCC(O)c3ccsc3)CC2)n1. The molecule has 3 rings (SSSR count). The third-order valence-corrected chi connectivity index (χ3v) is 5.11. The maximum atomic E-state index is 10.1. The minimum Gasteiger partial charge on any atom is -0.387 e. The quantitative estimate of drug-likeness (QED) is 0.855. The molecule has 0 saturated heterocycles. The molecule has 2 N–H and O–H groups in total. The van der Waals surface area contributed by atoms with E-state index in [4.69, 9.17) is 4.52 Å². The smallest absolute Gasteiger partial charge is 0.229 e. The summed E-state index contributed by atoms with van der Waals surface area (Å²) in [5.41, 5.74) is 1.00. The zero-order chi connectivity index (χ0) is 15.4. The summed E-state index contributed by atoms with van der Waals surface area (Å²) in [4.78, 5) is 4.45. The molecule has 0 amide bonds. The molecule has 0 aromatic carbocycles. The van der Waals surface area contributed by atoms with Crippen LogP contribution in [0.25, 0.3) is 0 Å². The van der Waals surface area contributed by atoms with Crippen LogP contribution in [0.5, 0.6) is 0 Å². The fourth-order valence-electron chi connectivity index (χ4n) is 2.98. The predicted octanol–water partition coefficient (Wildman–Crippen LogP) is 3.04. The lowest BCUT2D eigenvalue weighted by molar-refractivity contribution is 0.164. The van der Waals surface area contributed by atoms with Crippen molar-refractivity contribution < 1.29 is 9.63 Å². The Morgan fingerprint density at radius 2 is 2.23 bits per heavy atom. The van der Waals surface area contributed by atoms with Crippen molar-refractivity contribution in [2.24, 2.45) is 0 Å². The van der Waals surface area contributed by atoms with Gasteiger partial charge in [0.05, 0.1) is 6.10 Å². The van der Waals surface area contributed by atoms with Gasteiger partial charge in [0, 0.05) is 24.9 Å². The second-order valence-electron chi connectivity index (χ2n) is 5.93. The molecule has 1 unspecified atom stereocenters. The number of aromatic nitrogens is 2. The van der Waals surface area contributed by atoms with Crippen molar-refractivity contribution in [3.05, 3.63) is 34.1 Å². The lowest BCUT2D eigenvalue weighted by Gasteiger charge is -2.28. The summed E-state index contributed by atoms with van der Waals surface area (Å²) in [5, 5.41) is 21.6. The Labute approximate surface area is 134 Å². The zero-order valence-electron chi connectivity index (χ0n) is 12.9. The van der Waals surface area contributed by atoms with Crippen molar-refractivity contribution >= 4 is 11.3 Å². The van der Waals surface area contributed by atoms with Crippen LogP contribution in [0.15, 0.2) is 21.3 Å². The minimum atomic E-state index is -0.410. The van der Waals surface area contributed by atoms with Crippen molar-refractivity contribution in [1.29, 1.82) is 0 Å². The molecule has 0 spiro atoms. The summed E-state index contributed by atoms with van der Waals surface area (Å²) < 4.78 is 5.36. The predicted molar refractivity (Wildman–Crippen MR) is 86.0 cm³/mol. The highest BCUT2D eigenvalue weighted by molar-refractivity contribution is 7.07. The second-order valence-corrected chi connectivity index (χ2v) is 6.71. The second kappa shape index (κ2) is 7.35. The number of hydrogen-bond acceptors (Lipinski definition) is 6. The molecule has 2 heterocycles. The molecule has 120 valence electrons. The number of aryl methyl sites for hydroxylation is 1. The maximum Gasteiger partial charge on any atom is 0.229 e. The highest BCUT2D eigenvalue weighted by atomic mass is 32.1. The standard InChI is InChI=1S/C16H23N3O2S/c1-2-15-18-16(21-19-15)11-3-5-13(6-4-11)17-9-14(20)12-7-8-22-10-12/h7-8,10-11,13-14,17,20H,2-6,9H2,1H3. The first-order valence-corrected chi connectivity index (χ1v) is 8.96. The fraction of sp³-hybridized carbons (Fsp3) is 0.625. The lowest BCUT2D eigenvalue weighted by atomic mass is 9.86. The van der Waals surface area contributed by atoms with Gasteiger partial charge in [-0.25, -0.2) is 0 Å². The zero-order valence-corrected chi connectivity index (χ0v) is 13.7. The molecule has 1 fully saturated rings. The number of thiophene rings is 1. The molecule has 0 bridgehead atoms. The Bertz CT molecular complexity index is 562. The van der Waals surface area contributed by atoms with Crippen molar-refractivity contribution in [3.8, 4) is 0 Å². The van der Waals surface area contributed by atoms with Crippen LogP contribution in [-0.4, -0.2) is 27.8 Å². The molecule has 1 aliphatic rings. The van der Waals surface area contributed by atoms with Gasteiger partial charge in [-0.2, -0.15) is 16.3 Å². The van der Waals surface area contributed by atoms with E-state index in [-0.39, 0.29) is 0 Å². The summed E-state index contributed by atoms with van der Waals surface area (Å²) in [6, 6.07) is 2.45. The molecule has 0 radical (unpaired) electrons. The molecule has 1 atom stereocenters. The Morgan fingerprint density at radius 1 is 1.41 bits per heavy atom. The van der Waals surface area contributed by atoms with Crippen LogP contribution < -0.4 is 5.32 Å². The van der Waals surface area contributed by atoms with E-state index in [2.05, 4.69) is 15.5 Å². The van der Waals surface area contributed by atoms with Crippen LogP contribution >= 0.6 is 11.3 Å². The number of aliphatic hydroxyl groups excluding tert-OH is 1. The van der Waals surface area contributed by atoms with Gasteiger partial charge in [0.2, 0.25) is 5.89 Å². The first-order chi connectivity index (χ1) is 10.8. The van der Waals surface area contributed by atoms with E-state index >= 15 is 0 Å². The number of nitrogens with zero attached hydrogens (tertiary/aromatic N) is 2. The molecule has 22 heavy (non-hydrogen) atoms. The van der Waals surface area contributed by atoms with E-state index in [0.29, 0.717) is 18.5 Å². The van der Waals surface area contributed by atoms with Crippen LogP contribution in [-0.2, 0) is 6.42 Å². The molecule has 0 aliphatic heterocycles. The fourth-order valence-corrected chi connectivity index (χ4v) is 3.69. The molecular weight excluding hydrogens is 298 g/mol. The summed E-state index contributed by atoms with van der Waals surface area (Å²) in [6.07, 6.45) is 4.72. The van der Waals surface area contributed by atoms with Gasteiger partial charge in [-0.3, -0.25) is 0 Å². The van der Waals surface area contributed by atoms with Gasteiger partial charge in [-0.15, -0.1) is 0 Å². The maximum absolute atomic E-state index is 10.1. The van der Waals surface area contributed by atoms with Gasteiger partial charge in [0.15, 0.2) is 5.82 Å². The van der Waals surface area contributed by atoms with E-state index in [1.807, 2.05) is 23.8 Å². The van der Waals surface area contributed by atoms with Crippen LogP contribution in [0.4, 0.5) is 0 Å². The van der Waals surface area contributed by atoms with E-state index in [1.54, 1.807) is 11.3 Å². The van der Waals surface area contributed by atoms with Gasteiger partial charge in [0.25, 0.3) is 0 Å². The minimum absolute atomic E-state index is 0.396. The van der Waals surface area contributed by atoms with Crippen molar-refractivity contribution in [3.63, 3.8) is 0 Å². The van der Waals surface area contributed by atoms with Gasteiger partial charge in [0.1, 0.15) is 0 Å². The molecule has 2 aromatic rings. The molecule has 2 aromatic heterocycles. The Kier molecular flexibility index (Phi) is 5.23. The average Bonchev–Trinajstić information content (AvgIpc) is 3.24. The normalized spacial score (nSPS) is 23.5. The molecule has 1 saturated carbocycles. The number of rotatable bonds is 6. The number of nitrogens with one attached hydrogen (secondary N) is 1. The van der Waals surface area contributed by atoms with E-state index in [9.17, 15) is 5.11 Å². The van der Waals surface area contributed by atoms with Gasteiger partial charge < -0.3 is 14.9 Å². The number of aliphatic hydroxyl groups is 1. The van der Waals surface area contributed by atoms with E-state index in [0.717, 1.165) is 49.4 Å². The highest BCUT2D eigenvalue weighted by Gasteiger charge is 2.26. The van der Waals surface area contributed by atoms with Crippen LogP contribution in [0, 0.1) is 0 Å². The Balaban J connectivity index is 1.43. The summed E-state index contributed by atoms with van der Waals surface area (Å²) in [5.74, 6) is 2.00. The Morgan fingerprint density at radius 3 is 2.86 bits per heavy atom. The first-order valence-electron chi connectivity index (χ1n) is 8.02. The van der Waals surface area contributed by atoms with Crippen LogP contribution in [0.3, 0.4) is 0 Å². The summed E-state index contributed by atoms with van der Waals surface area (Å²) in [7, 11) is 0. The van der Waals surface area contributed by atoms with Gasteiger partial charge in [-0.1, -0.05) is 12.1 Å². The molecular formula is C16H23N3O2S.